The predicted octanol–water partition coefficient (Wildman–Crippen LogP) is -0.117. The Hall–Kier alpha value is -1.18. The molecule has 0 saturated carbocycles. The summed E-state index contributed by atoms with van der Waals surface area (Å²) in [4.78, 5) is 28.5. The van der Waals surface area contributed by atoms with E-state index in [9.17, 15) is 9.59 Å². The van der Waals surface area contributed by atoms with E-state index in [2.05, 4.69) is 10.2 Å². The number of carbonyl (C=O) groups excluding carboxylic acids is 2. The second-order valence-corrected chi connectivity index (χ2v) is 6.54. The van der Waals surface area contributed by atoms with Crippen molar-refractivity contribution in [3.8, 4) is 0 Å². The molecule has 0 atom stereocenters. The van der Waals surface area contributed by atoms with Crippen LogP contribution in [-0.4, -0.2) is 70.7 Å². The highest BCUT2D eigenvalue weighted by Gasteiger charge is 2.53. The minimum Gasteiger partial charge on any atom is -0.395 e. The first kappa shape index (κ1) is 17.2. The van der Waals surface area contributed by atoms with Gasteiger partial charge in [0.15, 0.2) is 0 Å². The molecular formula is C15H28N4O3. The molecule has 2 rings (SSSR count). The number of aliphatic hydroxyl groups excluding tert-OH is 1. The van der Waals surface area contributed by atoms with E-state index in [-0.39, 0.29) is 25.1 Å². The predicted molar refractivity (Wildman–Crippen MR) is 83.2 cm³/mol. The summed E-state index contributed by atoms with van der Waals surface area (Å²) < 4.78 is 0. The summed E-state index contributed by atoms with van der Waals surface area (Å²) >= 11 is 0. The Kier molecular flexibility index (Phi) is 5.09. The molecule has 4 N–H and O–H groups in total. The number of hydrogen-bond acceptors (Lipinski definition) is 5. The Morgan fingerprint density at radius 2 is 1.86 bits per heavy atom. The number of imide groups is 1. The molecule has 0 radical (unpaired) electrons. The molecule has 2 aliphatic rings. The van der Waals surface area contributed by atoms with E-state index >= 15 is 0 Å². The molecule has 0 aromatic rings. The van der Waals surface area contributed by atoms with Crippen molar-refractivity contribution in [2.45, 2.75) is 50.6 Å². The molecule has 2 heterocycles. The normalized spacial score (nSPS) is 22.5. The number of carbonyl (C=O) groups is 2. The van der Waals surface area contributed by atoms with Crippen molar-refractivity contribution < 1.29 is 14.7 Å². The van der Waals surface area contributed by atoms with Crippen molar-refractivity contribution in [1.82, 2.24) is 15.1 Å². The van der Waals surface area contributed by atoms with Crippen LogP contribution in [0.4, 0.5) is 4.79 Å². The maximum atomic E-state index is 12.8. The summed E-state index contributed by atoms with van der Waals surface area (Å²) in [6, 6.07) is -0.322. The van der Waals surface area contributed by atoms with Gasteiger partial charge in [-0.25, -0.2) is 4.79 Å². The van der Waals surface area contributed by atoms with Crippen molar-refractivity contribution in [3.63, 3.8) is 0 Å². The van der Waals surface area contributed by atoms with Crippen LogP contribution in [0.3, 0.4) is 0 Å². The Bertz CT molecular complexity index is 429. The second-order valence-electron chi connectivity index (χ2n) is 6.54. The first-order valence-corrected chi connectivity index (χ1v) is 8.16. The molecule has 2 fully saturated rings. The molecule has 22 heavy (non-hydrogen) atoms. The number of amides is 3. The SMILES string of the molecule is CCC(N)(CC)CN1C(=O)NC2(CCN(CCO)CC2)C1=O. The van der Waals surface area contributed by atoms with Gasteiger partial charge in [0.2, 0.25) is 0 Å². The molecule has 1 spiro atoms. The highest BCUT2D eigenvalue weighted by atomic mass is 16.3. The van der Waals surface area contributed by atoms with Gasteiger partial charge in [0, 0.05) is 31.7 Å². The van der Waals surface area contributed by atoms with Gasteiger partial charge in [-0.2, -0.15) is 0 Å². The molecular weight excluding hydrogens is 284 g/mol. The van der Waals surface area contributed by atoms with Gasteiger partial charge in [-0.15, -0.1) is 0 Å². The molecule has 0 bridgehead atoms. The van der Waals surface area contributed by atoms with E-state index in [1.807, 2.05) is 13.8 Å². The van der Waals surface area contributed by atoms with E-state index in [1.165, 1.54) is 4.90 Å². The topological polar surface area (TPSA) is 98.9 Å². The summed E-state index contributed by atoms with van der Waals surface area (Å²) in [5.74, 6) is -0.141. The number of rotatable bonds is 6. The van der Waals surface area contributed by atoms with Crippen molar-refractivity contribution >= 4 is 11.9 Å². The Morgan fingerprint density at radius 3 is 2.36 bits per heavy atom. The number of nitrogens with two attached hydrogens (primary N) is 1. The van der Waals surface area contributed by atoms with Crippen LogP contribution in [0.15, 0.2) is 0 Å². The number of urea groups is 1. The fourth-order valence-electron chi connectivity index (χ4n) is 3.25. The largest absolute Gasteiger partial charge is 0.395 e. The third-order valence-electron chi connectivity index (χ3n) is 5.25. The highest BCUT2D eigenvalue weighted by molar-refractivity contribution is 6.07. The smallest absolute Gasteiger partial charge is 0.325 e. The zero-order chi connectivity index (χ0) is 16.4. The minimum atomic E-state index is -0.772. The standard InChI is InChI=1S/C15H28N4O3/c1-3-14(16,4-2)11-19-12(21)15(17-13(19)22)5-7-18(8-6-15)9-10-20/h20H,3-11,16H2,1-2H3,(H,17,22). The Labute approximate surface area is 131 Å². The summed E-state index contributed by atoms with van der Waals surface area (Å²) in [6.45, 7) is 6.36. The Morgan fingerprint density at radius 1 is 1.27 bits per heavy atom. The summed E-state index contributed by atoms with van der Waals surface area (Å²) in [5.41, 5.74) is 4.98. The number of hydrogen-bond donors (Lipinski definition) is 3. The lowest BCUT2D eigenvalue weighted by Crippen LogP contribution is -2.56. The van der Waals surface area contributed by atoms with Crippen LogP contribution in [0.5, 0.6) is 0 Å². The molecule has 2 saturated heterocycles. The van der Waals surface area contributed by atoms with Crippen LogP contribution < -0.4 is 11.1 Å². The fourth-order valence-corrected chi connectivity index (χ4v) is 3.25. The number of likely N-dealkylation sites (tertiary alicyclic amines) is 1. The van der Waals surface area contributed by atoms with Crippen LogP contribution in [-0.2, 0) is 4.79 Å². The summed E-state index contributed by atoms with van der Waals surface area (Å²) in [5, 5.41) is 11.9. The average molecular weight is 312 g/mol. The molecule has 7 nitrogen and oxygen atoms in total. The molecule has 7 heteroatoms. The van der Waals surface area contributed by atoms with Gasteiger partial charge in [0.05, 0.1) is 6.61 Å². The first-order chi connectivity index (χ1) is 10.4. The Balaban J connectivity index is 2.06. The quantitative estimate of drug-likeness (QED) is 0.594. The zero-order valence-electron chi connectivity index (χ0n) is 13.6. The van der Waals surface area contributed by atoms with Crippen molar-refractivity contribution in [1.29, 1.82) is 0 Å². The molecule has 126 valence electrons. The van der Waals surface area contributed by atoms with E-state index in [4.69, 9.17) is 10.8 Å². The molecule has 0 aliphatic carbocycles. The van der Waals surface area contributed by atoms with Crippen LogP contribution in [0.25, 0.3) is 0 Å². The van der Waals surface area contributed by atoms with E-state index in [0.717, 1.165) is 12.8 Å². The summed E-state index contributed by atoms with van der Waals surface area (Å²) in [7, 11) is 0. The van der Waals surface area contributed by atoms with Gasteiger partial charge in [0.25, 0.3) is 5.91 Å². The molecule has 0 aromatic heterocycles. The van der Waals surface area contributed by atoms with Gasteiger partial charge in [0.1, 0.15) is 5.54 Å². The maximum Gasteiger partial charge on any atom is 0.325 e. The van der Waals surface area contributed by atoms with Crippen LogP contribution >= 0.6 is 0 Å². The van der Waals surface area contributed by atoms with Gasteiger partial charge in [-0.1, -0.05) is 13.8 Å². The summed E-state index contributed by atoms with van der Waals surface area (Å²) in [6.07, 6.45) is 2.61. The maximum absolute atomic E-state index is 12.8. The number of β-amino-alcohol motifs (C(OH)–C–C–N with tert-alkyl or cyclic N) is 1. The van der Waals surface area contributed by atoms with Crippen LogP contribution in [0, 0.1) is 0 Å². The van der Waals surface area contributed by atoms with E-state index in [0.29, 0.717) is 32.5 Å². The van der Waals surface area contributed by atoms with Crippen molar-refractivity contribution in [2.75, 3.05) is 32.8 Å². The van der Waals surface area contributed by atoms with Crippen LogP contribution in [0.2, 0.25) is 0 Å². The fraction of sp³-hybridized carbons (Fsp3) is 0.867. The van der Waals surface area contributed by atoms with E-state index in [1.54, 1.807) is 0 Å². The average Bonchev–Trinajstić information content (AvgIpc) is 2.74. The zero-order valence-corrected chi connectivity index (χ0v) is 13.6. The molecule has 2 aliphatic heterocycles. The first-order valence-electron chi connectivity index (χ1n) is 8.16. The van der Waals surface area contributed by atoms with Crippen molar-refractivity contribution in [3.05, 3.63) is 0 Å². The minimum absolute atomic E-state index is 0.113. The van der Waals surface area contributed by atoms with Crippen LogP contribution in [0.1, 0.15) is 39.5 Å². The van der Waals surface area contributed by atoms with Gasteiger partial charge in [-0.3, -0.25) is 9.69 Å². The number of nitrogens with one attached hydrogen (secondary N) is 1. The second kappa shape index (κ2) is 6.52. The van der Waals surface area contributed by atoms with Crippen molar-refractivity contribution in [2.24, 2.45) is 5.73 Å². The van der Waals surface area contributed by atoms with Gasteiger partial charge in [-0.05, 0) is 25.7 Å². The molecule has 0 aromatic carbocycles. The number of piperidine rings is 1. The van der Waals surface area contributed by atoms with E-state index < -0.39 is 11.1 Å². The van der Waals surface area contributed by atoms with Gasteiger partial charge < -0.3 is 21.1 Å². The lowest BCUT2D eigenvalue weighted by molar-refractivity contribution is -0.133. The monoisotopic (exact) mass is 312 g/mol. The molecule has 0 unspecified atom stereocenters. The third kappa shape index (κ3) is 3.11. The number of nitrogens with zero attached hydrogens (tertiary/aromatic N) is 2. The van der Waals surface area contributed by atoms with Gasteiger partial charge >= 0.3 is 6.03 Å². The lowest BCUT2D eigenvalue weighted by Gasteiger charge is -2.37. The third-order valence-corrected chi connectivity index (χ3v) is 5.25. The number of aliphatic hydroxyl groups is 1. The highest BCUT2D eigenvalue weighted by Crippen LogP contribution is 2.30. The lowest BCUT2D eigenvalue weighted by atomic mass is 9.87. The molecule has 3 amide bonds.